The van der Waals surface area contributed by atoms with Crippen molar-refractivity contribution in [3.05, 3.63) is 59.8 Å². The molecule has 2 aromatic heterocycles. The standard InChI is InChI=1S/C25H23N7O7S2/c1-25(2,23(37)38)39-29-15(18-28-24(26)41-30-18)19(33)27-16-20(34)32-17(22(35)36)14(11-40-21(16)32)10-31-8-7-12-5-3-4-6-13(12)9-31/h3-9,16,21H,10-11H2,1-2H3,(H4-,26,27,28,30,33,35,36,37,38)/p+1/b29-15-/t16?,21-/m1/s1. The number of hydrogen-bond acceptors (Lipinski definition) is 11. The molecule has 0 saturated carbocycles. The number of oxime groups is 1. The number of benzene rings is 1. The van der Waals surface area contributed by atoms with Crippen molar-refractivity contribution < 1.29 is 38.8 Å². The molecule has 5 rings (SSSR count). The first kappa shape index (κ1) is 28.0. The SMILES string of the molecule is CC(C)(O/N=C(\C(=O)NC1C(=O)N2C(C(=O)O)=C(C[n+]3ccc4ccccc4c3)CS[C@H]12)c1nsc(N)n1)C(=O)O. The molecule has 0 aliphatic carbocycles. The first-order valence-electron chi connectivity index (χ1n) is 12.1. The highest BCUT2D eigenvalue weighted by Gasteiger charge is 2.55. The highest BCUT2D eigenvalue weighted by Crippen LogP contribution is 2.40. The molecule has 0 radical (unpaired) electrons. The quantitative estimate of drug-likeness (QED) is 0.116. The third kappa shape index (κ3) is 5.43. The summed E-state index contributed by atoms with van der Waals surface area (Å²) in [5.41, 5.74) is 3.79. The van der Waals surface area contributed by atoms with Gasteiger partial charge in [0.1, 0.15) is 17.1 Å². The summed E-state index contributed by atoms with van der Waals surface area (Å²) in [5, 5.41) is 26.9. The summed E-state index contributed by atoms with van der Waals surface area (Å²) in [4.78, 5) is 60.2. The van der Waals surface area contributed by atoms with Gasteiger partial charge in [0.15, 0.2) is 24.1 Å². The van der Waals surface area contributed by atoms with E-state index in [1.165, 1.54) is 30.5 Å². The summed E-state index contributed by atoms with van der Waals surface area (Å²) < 4.78 is 5.80. The number of carbonyl (C=O) groups excluding carboxylic acids is 2. The topological polar surface area (TPSA) is 201 Å². The van der Waals surface area contributed by atoms with Gasteiger partial charge in [-0.3, -0.25) is 14.5 Å². The van der Waals surface area contributed by atoms with Crippen molar-refractivity contribution in [3.63, 3.8) is 0 Å². The number of nitrogens with two attached hydrogens (primary N) is 1. The molecule has 41 heavy (non-hydrogen) atoms. The number of aromatic nitrogens is 3. The third-order valence-corrected chi connectivity index (χ3v) is 8.29. The second-order valence-corrected chi connectivity index (χ2v) is 11.6. The molecule has 4 heterocycles. The van der Waals surface area contributed by atoms with Gasteiger partial charge in [-0.1, -0.05) is 23.4 Å². The van der Waals surface area contributed by atoms with E-state index < -0.39 is 46.5 Å². The molecule has 3 aromatic rings. The molecular weight excluding hydrogens is 574 g/mol. The fourth-order valence-electron chi connectivity index (χ4n) is 4.23. The molecule has 2 amide bonds. The van der Waals surface area contributed by atoms with E-state index in [0.717, 1.165) is 22.3 Å². The summed E-state index contributed by atoms with van der Waals surface area (Å²) in [5.74, 6) is -4.03. The minimum absolute atomic E-state index is 0.0276. The lowest BCUT2D eigenvalue weighted by Gasteiger charge is -2.49. The maximum atomic E-state index is 13.2. The molecule has 1 unspecified atom stereocenters. The third-order valence-electron chi connectivity index (χ3n) is 6.41. The number of carboxylic acid groups (broad SMARTS) is 2. The number of nitrogen functional groups attached to an aromatic ring is 1. The van der Waals surface area contributed by atoms with E-state index in [2.05, 4.69) is 19.8 Å². The average molecular weight is 599 g/mol. The van der Waals surface area contributed by atoms with Gasteiger partial charge in [-0.15, -0.1) is 11.8 Å². The Labute approximate surface area is 240 Å². The van der Waals surface area contributed by atoms with Gasteiger partial charge in [0, 0.05) is 34.3 Å². The van der Waals surface area contributed by atoms with Crippen LogP contribution in [0.25, 0.3) is 10.8 Å². The number of hydrogen-bond donors (Lipinski definition) is 4. The lowest BCUT2D eigenvalue weighted by atomic mass is 10.0. The van der Waals surface area contributed by atoms with Crippen LogP contribution in [-0.4, -0.2) is 76.7 Å². The molecule has 0 bridgehead atoms. The number of carbonyl (C=O) groups is 4. The van der Waals surface area contributed by atoms with Crippen molar-refractivity contribution in [2.24, 2.45) is 5.16 Å². The van der Waals surface area contributed by atoms with Crippen LogP contribution in [0, 0.1) is 0 Å². The number of nitrogens with zero attached hydrogens (tertiary/aromatic N) is 5. The van der Waals surface area contributed by atoms with E-state index in [1.54, 1.807) is 0 Å². The van der Waals surface area contributed by atoms with E-state index in [1.807, 2.05) is 47.3 Å². The van der Waals surface area contributed by atoms with E-state index in [-0.39, 0.29) is 23.2 Å². The number of nitrogens with one attached hydrogen (secondary N) is 1. The van der Waals surface area contributed by atoms with Crippen LogP contribution in [0.1, 0.15) is 19.7 Å². The van der Waals surface area contributed by atoms with Gasteiger partial charge in [0.2, 0.25) is 17.1 Å². The lowest BCUT2D eigenvalue weighted by Crippen LogP contribution is -2.71. The van der Waals surface area contributed by atoms with Gasteiger partial charge < -0.3 is 26.1 Å². The number of fused-ring (bicyclic) bond motifs is 2. The van der Waals surface area contributed by atoms with Crippen LogP contribution in [0.5, 0.6) is 0 Å². The molecule has 1 aromatic carbocycles. The first-order chi connectivity index (χ1) is 19.5. The normalized spacial score (nSPS) is 19.0. The monoisotopic (exact) mass is 598 g/mol. The number of rotatable bonds is 9. The van der Waals surface area contributed by atoms with Gasteiger partial charge in [-0.25, -0.2) is 14.2 Å². The van der Waals surface area contributed by atoms with Crippen LogP contribution >= 0.6 is 23.3 Å². The van der Waals surface area contributed by atoms with Crippen LogP contribution in [0.2, 0.25) is 0 Å². The number of carboxylic acids is 2. The summed E-state index contributed by atoms with van der Waals surface area (Å²) in [7, 11) is 0. The Morgan fingerprint density at radius 1 is 1.24 bits per heavy atom. The minimum Gasteiger partial charge on any atom is -0.478 e. The molecule has 212 valence electrons. The zero-order valence-corrected chi connectivity index (χ0v) is 23.3. The minimum atomic E-state index is -1.78. The molecule has 2 aliphatic heterocycles. The molecule has 1 fully saturated rings. The van der Waals surface area contributed by atoms with Crippen molar-refractivity contribution >= 4 is 68.7 Å². The molecule has 2 atom stereocenters. The Morgan fingerprint density at radius 2 is 1.98 bits per heavy atom. The Kier molecular flexibility index (Phi) is 7.35. The van der Waals surface area contributed by atoms with Gasteiger partial charge in [0.25, 0.3) is 11.8 Å². The Morgan fingerprint density at radius 3 is 2.63 bits per heavy atom. The smallest absolute Gasteiger partial charge is 0.352 e. The van der Waals surface area contributed by atoms with Gasteiger partial charge >= 0.3 is 11.9 Å². The molecule has 16 heteroatoms. The molecule has 0 spiro atoms. The summed E-state index contributed by atoms with van der Waals surface area (Å²) in [6.45, 7) is 2.73. The first-order valence-corrected chi connectivity index (χ1v) is 14.0. The lowest BCUT2D eigenvalue weighted by molar-refractivity contribution is -0.687. The van der Waals surface area contributed by atoms with Gasteiger partial charge in [0.05, 0.1) is 0 Å². The predicted octanol–water partition coefficient (Wildman–Crippen LogP) is 0.584. The van der Waals surface area contributed by atoms with Crippen molar-refractivity contribution in [2.75, 3.05) is 11.5 Å². The number of β-lactam (4-membered cyclic amide) rings is 1. The molecular formula is C25H24N7O7S2+. The van der Waals surface area contributed by atoms with Crippen LogP contribution < -0.4 is 15.6 Å². The van der Waals surface area contributed by atoms with Crippen LogP contribution in [0.3, 0.4) is 0 Å². The van der Waals surface area contributed by atoms with E-state index in [9.17, 15) is 29.4 Å². The highest BCUT2D eigenvalue weighted by atomic mass is 32.2. The number of thioether (sulfide) groups is 1. The summed E-state index contributed by atoms with van der Waals surface area (Å²) in [6, 6.07) is 8.63. The Hall–Kier alpha value is -4.57. The Balaban J connectivity index is 1.36. The molecule has 5 N–H and O–H groups in total. The second kappa shape index (κ2) is 10.8. The number of aliphatic carboxylic acids is 2. The maximum Gasteiger partial charge on any atom is 0.352 e. The summed E-state index contributed by atoms with van der Waals surface area (Å²) >= 11 is 2.09. The fourth-order valence-corrected chi connectivity index (χ4v) is 5.99. The Bertz CT molecular complexity index is 1650. The van der Waals surface area contributed by atoms with Gasteiger partial charge in [-0.05, 0) is 25.3 Å². The zero-order chi connectivity index (χ0) is 29.5. The predicted molar refractivity (Wildman–Crippen MR) is 147 cm³/mol. The molecule has 2 aliphatic rings. The number of pyridine rings is 1. The summed E-state index contributed by atoms with van der Waals surface area (Å²) in [6.07, 6.45) is 3.76. The average Bonchev–Trinajstić information content (AvgIpc) is 3.36. The van der Waals surface area contributed by atoms with Crippen molar-refractivity contribution in [1.29, 1.82) is 0 Å². The van der Waals surface area contributed by atoms with E-state index in [0.29, 0.717) is 11.3 Å². The van der Waals surface area contributed by atoms with Crippen LogP contribution in [-0.2, 0) is 30.6 Å². The van der Waals surface area contributed by atoms with Gasteiger partial charge in [-0.2, -0.15) is 9.36 Å². The zero-order valence-electron chi connectivity index (χ0n) is 21.7. The van der Waals surface area contributed by atoms with E-state index in [4.69, 9.17) is 10.6 Å². The van der Waals surface area contributed by atoms with Crippen molar-refractivity contribution in [2.45, 2.75) is 37.4 Å². The van der Waals surface area contributed by atoms with Crippen molar-refractivity contribution in [3.8, 4) is 0 Å². The fraction of sp³-hybridized carbons (Fsp3) is 0.280. The van der Waals surface area contributed by atoms with Crippen molar-refractivity contribution in [1.82, 2.24) is 19.6 Å². The molecule has 1 saturated heterocycles. The highest BCUT2D eigenvalue weighted by molar-refractivity contribution is 8.00. The largest absolute Gasteiger partial charge is 0.478 e. The van der Waals surface area contributed by atoms with E-state index >= 15 is 0 Å². The van der Waals surface area contributed by atoms with Crippen LogP contribution in [0.15, 0.2) is 59.2 Å². The number of anilines is 1. The molecule has 14 nitrogen and oxygen atoms in total. The second-order valence-electron chi connectivity index (χ2n) is 9.67. The number of amides is 2. The van der Waals surface area contributed by atoms with Crippen LogP contribution in [0.4, 0.5) is 5.13 Å². The maximum absolute atomic E-state index is 13.2.